The third-order valence-electron chi connectivity index (χ3n) is 6.08. The number of nitrogens with zero attached hydrogens (tertiary/aromatic N) is 3. The van der Waals surface area contributed by atoms with E-state index in [0.29, 0.717) is 0 Å². The number of hydrogen-bond donors (Lipinski definition) is 1. The molecule has 1 aromatic heterocycles. The molecule has 0 aliphatic carbocycles. The van der Waals surface area contributed by atoms with Crippen LogP contribution in [0.15, 0.2) is 35.4 Å². The average Bonchev–Trinajstić information content (AvgIpc) is 2.79. The number of aromatic nitrogens is 2. The van der Waals surface area contributed by atoms with Crippen LogP contribution in [-0.2, 0) is 26.4 Å². The summed E-state index contributed by atoms with van der Waals surface area (Å²) >= 11 is 12.6. The van der Waals surface area contributed by atoms with Crippen molar-refractivity contribution in [2.75, 3.05) is 18.4 Å². The highest BCUT2D eigenvalue weighted by atomic mass is 35.5. The molecule has 0 unspecified atom stereocenters. The lowest BCUT2D eigenvalue weighted by molar-refractivity contribution is -0.155. The molecule has 41 heavy (non-hydrogen) atoms. The van der Waals surface area contributed by atoms with Gasteiger partial charge >= 0.3 is 12.1 Å². The molecule has 0 saturated carbocycles. The number of halogens is 4. The topological polar surface area (TPSA) is 103 Å². The molecule has 1 amide bonds. The first kappa shape index (κ1) is 30.5. The minimum absolute atomic E-state index is 0.0273. The van der Waals surface area contributed by atoms with Crippen molar-refractivity contribution in [2.45, 2.75) is 64.8 Å². The fraction of sp³-hybridized carbons (Fsp3) is 0.429. The van der Waals surface area contributed by atoms with E-state index in [1.807, 2.05) is 0 Å². The summed E-state index contributed by atoms with van der Waals surface area (Å²) in [5.74, 6) is -2.20. The summed E-state index contributed by atoms with van der Waals surface area (Å²) < 4.78 is 42.2. The number of hydrogen-bond acceptors (Lipinski definition) is 7. The summed E-state index contributed by atoms with van der Waals surface area (Å²) in [4.78, 5) is 43.6. The lowest BCUT2D eigenvalue weighted by Gasteiger charge is -2.51. The van der Waals surface area contributed by atoms with Gasteiger partial charge in [0.1, 0.15) is 34.6 Å². The van der Waals surface area contributed by atoms with Crippen LogP contribution in [0.25, 0.3) is 10.9 Å². The summed E-state index contributed by atoms with van der Waals surface area (Å²) in [6.07, 6.45) is 0.435. The molecule has 0 bridgehead atoms. The van der Waals surface area contributed by atoms with Crippen LogP contribution < -0.4 is 10.9 Å². The van der Waals surface area contributed by atoms with Crippen LogP contribution in [0, 0.1) is 11.6 Å². The second-order valence-corrected chi connectivity index (χ2v) is 12.7. The third-order valence-corrected chi connectivity index (χ3v) is 6.88. The molecule has 1 saturated heterocycles. The molecule has 3 aromatic rings. The molecular formula is C28H30Cl2F2N4O5. The van der Waals surface area contributed by atoms with Gasteiger partial charge in [-0.3, -0.25) is 14.2 Å². The van der Waals surface area contributed by atoms with Gasteiger partial charge in [0.15, 0.2) is 5.82 Å². The van der Waals surface area contributed by atoms with Gasteiger partial charge in [-0.1, -0.05) is 23.2 Å². The zero-order valence-electron chi connectivity index (χ0n) is 23.4. The first-order chi connectivity index (χ1) is 18.9. The molecule has 2 heterocycles. The quantitative estimate of drug-likeness (QED) is 0.284. The second kappa shape index (κ2) is 10.8. The van der Waals surface area contributed by atoms with Gasteiger partial charge in [-0.2, -0.15) is 0 Å². The number of esters is 1. The molecule has 9 nitrogen and oxygen atoms in total. The Balaban J connectivity index is 1.74. The highest BCUT2D eigenvalue weighted by Crippen LogP contribution is 2.43. The largest absolute Gasteiger partial charge is 0.459 e. The zero-order valence-corrected chi connectivity index (χ0v) is 24.9. The van der Waals surface area contributed by atoms with Crippen molar-refractivity contribution < 1.29 is 27.8 Å². The van der Waals surface area contributed by atoms with Crippen molar-refractivity contribution >= 4 is 51.9 Å². The molecule has 1 aliphatic heterocycles. The normalized spacial score (nSPS) is 14.9. The molecule has 0 radical (unpaired) electrons. The van der Waals surface area contributed by atoms with E-state index in [2.05, 4.69) is 10.3 Å². The van der Waals surface area contributed by atoms with E-state index < -0.39 is 52.5 Å². The Bertz CT molecular complexity index is 1590. The van der Waals surface area contributed by atoms with Crippen LogP contribution in [0.2, 0.25) is 10.0 Å². The van der Waals surface area contributed by atoms with Gasteiger partial charge in [-0.25, -0.2) is 18.6 Å². The number of rotatable bonds is 5. The Kier molecular flexibility index (Phi) is 8.01. The first-order valence-corrected chi connectivity index (χ1v) is 13.5. The van der Waals surface area contributed by atoms with Gasteiger partial charge in [0, 0.05) is 11.3 Å². The number of amides is 1. The lowest BCUT2D eigenvalue weighted by Crippen LogP contribution is -2.66. The molecule has 1 aliphatic rings. The van der Waals surface area contributed by atoms with Crippen molar-refractivity contribution in [2.24, 2.45) is 0 Å². The molecule has 0 atom stereocenters. The van der Waals surface area contributed by atoms with E-state index in [-0.39, 0.29) is 45.3 Å². The van der Waals surface area contributed by atoms with Crippen molar-refractivity contribution in [3.8, 4) is 0 Å². The number of carbonyl (C=O) groups is 2. The van der Waals surface area contributed by atoms with E-state index in [9.17, 15) is 14.4 Å². The highest BCUT2D eigenvalue weighted by molar-refractivity contribution is 6.42. The van der Waals surface area contributed by atoms with Crippen molar-refractivity contribution in [3.05, 3.63) is 68.2 Å². The van der Waals surface area contributed by atoms with Gasteiger partial charge in [0.05, 0.1) is 34.8 Å². The SMILES string of the molecule is CC(C)(C)OC(=O)Cn1cnc2c(F)cc(NC3(c4c(F)ccc(Cl)c4Cl)CN(C(=O)OC(C)(C)C)C3)cc2c1=O. The number of carbonyl (C=O) groups excluding carboxylic acids is 2. The Hall–Kier alpha value is -3.44. The van der Waals surface area contributed by atoms with Crippen LogP contribution in [-0.4, -0.2) is 50.8 Å². The second-order valence-electron chi connectivity index (χ2n) is 11.9. The molecular weight excluding hydrogens is 581 g/mol. The maximum Gasteiger partial charge on any atom is 0.410 e. The van der Waals surface area contributed by atoms with Crippen LogP contribution in [0.3, 0.4) is 0 Å². The third kappa shape index (κ3) is 6.56. The fourth-order valence-corrected chi connectivity index (χ4v) is 5.02. The minimum atomic E-state index is -1.35. The highest BCUT2D eigenvalue weighted by Gasteiger charge is 2.51. The lowest BCUT2D eigenvalue weighted by atomic mass is 9.81. The number of nitrogens with one attached hydrogen (secondary N) is 1. The van der Waals surface area contributed by atoms with Crippen LogP contribution in [0.4, 0.5) is 19.3 Å². The molecule has 4 rings (SSSR count). The molecule has 0 spiro atoms. The average molecular weight is 611 g/mol. The van der Waals surface area contributed by atoms with Crippen LogP contribution in [0.1, 0.15) is 47.1 Å². The van der Waals surface area contributed by atoms with Crippen molar-refractivity contribution in [1.82, 2.24) is 14.5 Å². The zero-order chi connectivity index (χ0) is 30.5. The molecule has 13 heteroatoms. The predicted molar refractivity (Wildman–Crippen MR) is 151 cm³/mol. The molecule has 1 N–H and O–H groups in total. The number of anilines is 1. The van der Waals surface area contributed by atoms with Gasteiger partial charge in [0.25, 0.3) is 5.56 Å². The number of likely N-dealkylation sites (tertiary alicyclic amines) is 1. The van der Waals surface area contributed by atoms with Crippen molar-refractivity contribution in [1.29, 1.82) is 0 Å². The Labute approximate surface area is 245 Å². The van der Waals surface area contributed by atoms with Gasteiger partial charge in [0.2, 0.25) is 0 Å². The summed E-state index contributed by atoms with van der Waals surface area (Å²) in [5.41, 5.74) is -3.73. The van der Waals surface area contributed by atoms with Gasteiger partial charge in [-0.05, 0) is 65.8 Å². The summed E-state index contributed by atoms with van der Waals surface area (Å²) in [6.45, 7) is 9.57. The Morgan fingerprint density at radius 2 is 1.66 bits per heavy atom. The van der Waals surface area contributed by atoms with Gasteiger partial charge < -0.3 is 19.7 Å². The molecule has 1 fully saturated rings. The number of ether oxygens (including phenoxy) is 2. The maximum absolute atomic E-state index is 15.2. The minimum Gasteiger partial charge on any atom is -0.459 e. The number of fused-ring (bicyclic) bond motifs is 1. The summed E-state index contributed by atoms with van der Waals surface area (Å²) in [6, 6.07) is 4.88. The van der Waals surface area contributed by atoms with Crippen LogP contribution >= 0.6 is 23.2 Å². The summed E-state index contributed by atoms with van der Waals surface area (Å²) in [5, 5.41) is 2.95. The summed E-state index contributed by atoms with van der Waals surface area (Å²) in [7, 11) is 0. The van der Waals surface area contributed by atoms with E-state index in [1.54, 1.807) is 41.5 Å². The molecule has 220 valence electrons. The maximum atomic E-state index is 15.2. The Morgan fingerprint density at radius 3 is 2.27 bits per heavy atom. The first-order valence-electron chi connectivity index (χ1n) is 12.7. The van der Waals surface area contributed by atoms with E-state index in [1.165, 1.54) is 17.0 Å². The van der Waals surface area contributed by atoms with E-state index in [4.69, 9.17) is 32.7 Å². The van der Waals surface area contributed by atoms with Gasteiger partial charge in [-0.15, -0.1) is 0 Å². The van der Waals surface area contributed by atoms with Crippen LogP contribution in [0.5, 0.6) is 0 Å². The van der Waals surface area contributed by atoms with Crippen molar-refractivity contribution in [3.63, 3.8) is 0 Å². The smallest absolute Gasteiger partial charge is 0.410 e. The van der Waals surface area contributed by atoms with E-state index in [0.717, 1.165) is 23.0 Å². The molecule has 2 aromatic carbocycles. The number of benzene rings is 2. The van der Waals surface area contributed by atoms with E-state index >= 15 is 8.78 Å². The predicted octanol–water partition coefficient (Wildman–Crippen LogP) is 5.88. The fourth-order valence-electron chi connectivity index (χ4n) is 4.53. The Morgan fingerprint density at radius 1 is 1.02 bits per heavy atom. The standard InChI is InChI=1S/C28H30Cl2F2N4O5/c1-26(2,3)40-20(37)11-35-14-33-23-16(24(35)38)9-15(10-19(23)32)34-28(21-18(31)8-7-17(29)22(21)30)12-36(13-28)25(39)41-27(4,5)6/h7-10,14,34H,11-13H2,1-6H3. The monoisotopic (exact) mass is 610 g/mol.